The maximum Gasteiger partial charge on any atom is 0.236 e. The molecule has 3 nitrogen and oxygen atoms in total. The van der Waals surface area contributed by atoms with Crippen molar-refractivity contribution in [2.24, 2.45) is 0 Å². The van der Waals surface area contributed by atoms with Gasteiger partial charge in [-0.05, 0) is 45.7 Å². The van der Waals surface area contributed by atoms with E-state index in [0.717, 1.165) is 6.42 Å². The lowest BCUT2D eigenvalue weighted by Crippen LogP contribution is -2.54. The highest BCUT2D eigenvalue weighted by Gasteiger charge is 2.33. The minimum atomic E-state index is -1.75. The minimum absolute atomic E-state index is 0.194. The number of amides is 1. The summed E-state index contributed by atoms with van der Waals surface area (Å²) in [5.41, 5.74) is 0. The summed E-state index contributed by atoms with van der Waals surface area (Å²) in [5, 5.41) is 0. The number of carbonyl (C=O) groups is 1. The molecule has 0 aliphatic rings. The maximum absolute atomic E-state index is 12.4. The van der Waals surface area contributed by atoms with E-state index >= 15 is 0 Å². The summed E-state index contributed by atoms with van der Waals surface area (Å²) in [5.74, 6) is 0.194. The summed E-state index contributed by atoms with van der Waals surface area (Å²) in [6.45, 7) is 20.0. The fourth-order valence-electron chi connectivity index (χ4n) is 1.71. The van der Waals surface area contributed by atoms with Gasteiger partial charge in [0.2, 0.25) is 14.2 Å². The summed E-state index contributed by atoms with van der Waals surface area (Å²) < 4.78 is 7.81. The van der Waals surface area contributed by atoms with Gasteiger partial charge in [0.05, 0.1) is 0 Å². The molecule has 0 unspecified atom stereocenters. The Labute approximate surface area is 122 Å². The van der Waals surface area contributed by atoms with Gasteiger partial charge in [0, 0.05) is 14.5 Å². The molecule has 0 atom stereocenters. The van der Waals surface area contributed by atoms with Crippen LogP contribution >= 0.6 is 0 Å². The van der Waals surface area contributed by atoms with Crippen LogP contribution in [0.5, 0.6) is 0 Å². The van der Waals surface area contributed by atoms with Crippen molar-refractivity contribution >= 4 is 30.5 Å². The SMILES string of the molecule is C[Si](C)(C)CCCC(=O)N(O[Si](C)(C)C)[Si](C)(C)C. The molecule has 0 fully saturated rings. The van der Waals surface area contributed by atoms with Crippen LogP contribution in [0.25, 0.3) is 0 Å². The van der Waals surface area contributed by atoms with E-state index in [4.69, 9.17) is 4.53 Å². The molecule has 114 valence electrons. The van der Waals surface area contributed by atoms with Gasteiger partial charge in [-0.1, -0.05) is 25.7 Å². The molecule has 0 aromatic heterocycles. The van der Waals surface area contributed by atoms with Crippen molar-refractivity contribution in [1.29, 1.82) is 0 Å². The Bertz CT molecular complexity index is 300. The first kappa shape index (κ1) is 19.1. The predicted octanol–water partition coefficient (Wildman–Crippen LogP) is 4.53. The van der Waals surface area contributed by atoms with Gasteiger partial charge in [0.1, 0.15) is 0 Å². The molecule has 1 amide bonds. The highest BCUT2D eigenvalue weighted by atomic mass is 28.4. The first-order valence-corrected chi connectivity index (χ1v) is 17.8. The van der Waals surface area contributed by atoms with Crippen molar-refractivity contribution in [1.82, 2.24) is 4.73 Å². The Hall–Kier alpha value is 0.0806. The maximum atomic E-state index is 12.4. The highest BCUT2D eigenvalue weighted by Crippen LogP contribution is 2.20. The topological polar surface area (TPSA) is 29.5 Å². The summed E-state index contributed by atoms with van der Waals surface area (Å²) in [7, 11) is -4.51. The molecule has 0 saturated heterocycles. The molecule has 0 heterocycles. The van der Waals surface area contributed by atoms with Crippen molar-refractivity contribution in [2.75, 3.05) is 0 Å². The van der Waals surface area contributed by atoms with Crippen LogP contribution in [-0.4, -0.2) is 35.3 Å². The summed E-state index contributed by atoms with van der Waals surface area (Å²) in [6.07, 6.45) is 1.64. The summed E-state index contributed by atoms with van der Waals surface area (Å²) in [6, 6.07) is 1.21. The van der Waals surface area contributed by atoms with Gasteiger partial charge in [-0.15, -0.1) is 0 Å². The van der Waals surface area contributed by atoms with Gasteiger partial charge >= 0.3 is 0 Å². The molecule has 0 aromatic rings. The van der Waals surface area contributed by atoms with Crippen LogP contribution in [0, 0.1) is 0 Å². The lowest BCUT2D eigenvalue weighted by atomic mass is 10.3. The van der Waals surface area contributed by atoms with E-state index in [1.54, 1.807) is 4.73 Å². The van der Waals surface area contributed by atoms with Gasteiger partial charge < -0.3 is 4.53 Å². The van der Waals surface area contributed by atoms with E-state index in [0.29, 0.717) is 6.42 Å². The monoisotopic (exact) mass is 319 g/mol. The molecule has 0 N–H and O–H groups in total. The third-order valence-electron chi connectivity index (χ3n) is 2.52. The van der Waals surface area contributed by atoms with Gasteiger partial charge in [-0.3, -0.25) is 9.52 Å². The van der Waals surface area contributed by atoms with Crippen molar-refractivity contribution in [3.05, 3.63) is 0 Å². The van der Waals surface area contributed by atoms with Gasteiger partial charge in [0.15, 0.2) is 8.24 Å². The Morgan fingerprint density at radius 3 is 1.74 bits per heavy atom. The van der Waals surface area contributed by atoms with Crippen LogP contribution in [0.2, 0.25) is 65.0 Å². The molecular weight excluding hydrogens is 286 g/mol. The van der Waals surface area contributed by atoms with Crippen LogP contribution in [0.1, 0.15) is 12.8 Å². The number of hydroxylamine groups is 1. The van der Waals surface area contributed by atoms with E-state index < -0.39 is 24.6 Å². The standard InChI is InChI=1S/C13H33NO2Si3/c1-17(2,3)12-10-11-13(15)14(18(4,5)6)16-19(7,8)9/h10-12H2,1-9H3. The average molecular weight is 320 g/mol. The molecule has 0 saturated carbocycles. The van der Waals surface area contributed by atoms with E-state index in [2.05, 4.69) is 58.9 Å². The molecule has 0 aromatic carbocycles. The first-order valence-electron chi connectivity index (χ1n) is 7.25. The predicted molar refractivity (Wildman–Crippen MR) is 92.0 cm³/mol. The van der Waals surface area contributed by atoms with Crippen LogP contribution in [0.15, 0.2) is 0 Å². The fourth-order valence-corrected chi connectivity index (χ4v) is 6.37. The Morgan fingerprint density at radius 1 is 0.947 bits per heavy atom. The number of hydrogen-bond acceptors (Lipinski definition) is 2. The number of carbonyl (C=O) groups excluding carboxylic acids is 1. The van der Waals surface area contributed by atoms with E-state index in [1.807, 2.05) is 0 Å². The van der Waals surface area contributed by atoms with E-state index in [9.17, 15) is 4.79 Å². The minimum Gasteiger partial charge on any atom is -0.326 e. The van der Waals surface area contributed by atoms with Gasteiger partial charge in [-0.25, -0.2) is 0 Å². The molecule has 0 bridgehead atoms. The van der Waals surface area contributed by atoms with Crippen LogP contribution in [0.3, 0.4) is 0 Å². The van der Waals surface area contributed by atoms with Crippen LogP contribution in [0.4, 0.5) is 0 Å². The zero-order valence-corrected chi connectivity index (χ0v) is 17.4. The molecule has 19 heavy (non-hydrogen) atoms. The average Bonchev–Trinajstić information content (AvgIpc) is 2.08. The zero-order chi connectivity index (χ0) is 15.5. The van der Waals surface area contributed by atoms with Crippen LogP contribution < -0.4 is 0 Å². The number of nitrogens with zero attached hydrogens (tertiary/aromatic N) is 1. The third kappa shape index (κ3) is 9.59. The van der Waals surface area contributed by atoms with Gasteiger partial charge in [0.25, 0.3) is 0 Å². The zero-order valence-electron chi connectivity index (χ0n) is 14.4. The molecule has 6 heteroatoms. The number of hydrogen-bond donors (Lipinski definition) is 0. The third-order valence-corrected chi connectivity index (χ3v) is 6.84. The summed E-state index contributed by atoms with van der Waals surface area (Å²) >= 11 is 0. The Morgan fingerprint density at radius 2 is 1.42 bits per heavy atom. The van der Waals surface area contributed by atoms with E-state index in [-0.39, 0.29) is 5.91 Å². The quantitative estimate of drug-likeness (QED) is 0.509. The molecule has 0 aliphatic carbocycles. The smallest absolute Gasteiger partial charge is 0.236 e. The van der Waals surface area contributed by atoms with E-state index in [1.165, 1.54) is 6.04 Å². The lowest BCUT2D eigenvalue weighted by molar-refractivity contribution is -0.145. The fraction of sp³-hybridized carbons (Fsp3) is 0.923. The second-order valence-electron chi connectivity index (χ2n) is 8.48. The van der Waals surface area contributed by atoms with Gasteiger partial charge in [-0.2, -0.15) is 0 Å². The molecule has 0 radical (unpaired) electrons. The molecule has 0 rings (SSSR count). The Balaban J connectivity index is 4.58. The summed E-state index contributed by atoms with van der Waals surface area (Å²) in [4.78, 5) is 12.4. The van der Waals surface area contributed by atoms with Crippen molar-refractivity contribution < 1.29 is 9.32 Å². The van der Waals surface area contributed by atoms with Crippen molar-refractivity contribution in [3.63, 3.8) is 0 Å². The van der Waals surface area contributed by atoms with Crippen molar-refractivity contribution in [3.8, 4) is 0 Å². The van der Waals surface area contributed by atoms with Crippen molar-refractivity contribution in [2.45, 2.75) is 77.8 Å². The second kappa shape index (κ2) is 6.69. The number of rotatable bonds is 7. The normalized spacial score (nSPS) is 13.5. The molecular formula is C13H33NO2Si3. The Kier molecular flexibility index (Phi) is 6.72. The highest BCUT2D eigenvalue weighted by molar-refractivity contribution is 6.77. The van der Waals surface area contributed by atoms with Crippen LogP contribution in [-0.2, 0) is 9.32 Å². The molecule has 0 aliphatic heterocycles. The lowest BCUT2D eigenvalue weighted by Gasteiger charge is -2.38. The second-order valence-corrected chi connectivity index (χ2v) is 23.3. The largest absolute Gasteiger partial charge is 0.326 e. The first-order chi connectivity index (χ1) is 8.22. The molecule has 0 spiro atoms.